The number of nitrogens with zero attached hydrogens (tertiary/aromatic N) is 3. The Kier molecular flexibility index (Phi) is 4.99. The predicted molar refractivity (Wildman–Crippen MR) is 115 cm³/mol. The minimum Gasteiger partial charge on any atom is -0.507 e. The number of methoxy groups -OCH3 is 2. The van der Waals surface area contributed by atoms with Gasteiger partial charge in [-0.1, -0.05) is 18.2 Å². The van der Waals surface area contributed by atoms with Gasteiger partial charge in [0.2, 0.25) is 5.88 Å². The maximum absolute atomic E-state index is 10.6. The zero-order chi connectivity index (χ0) is 21.4. The molecule has 1 aromatic heterocycles. The van der Waals surface area contributed by atoms with E-state index < -0.39 is 0 Å². The first-order valence-corrected chi connectivity index (χ1v) is 10.1. The van der Waals surface area contributed by atoms with Gasteiger partial charge in [-0.05, 0) is 18.2 Å². The summed E-state index contributed by atoms with van der Waals surface area (Å²) in [5.74, 6) is 3.41. The fraction of sp³-hybridized carbons (Fsp3) is 0.304. The molecule has 0 saturated carbocycles. The molecule has 1 N–H and O–H groups in total. The van der Waals surface area contributed by atoms with Crippen LogP contribution >= 0.6 is 0 Å². The van der Waals surface area contributed by atoms with Crippen LogP contribution in [-0.2, 0) is 11.2 Å². The number of fused-ring (bicyclic) bond motifs is 2. The second-order valence-corrected chi connectivity index (χ2v) is 7.34. The molecule has 2 aromatic carbocycles. The topological polar surface area (TPSA) is 86.2 Å². The quantitative estimate of drug-likeness (QED) is 0.537. The summed E-state index contributed by atoms with van der Waals surface area (Å²) >= 11 is 0. The highest BCUT2D eigenvalue weighted by Crippen LogP contribution is 2.46. The van der Waals surface area contributed by atoms with Crippen LogP contribution in [0.5, 0.6) is 28.9 Å². The standard InChI is InChI=1S/C23H23N3O5/c1-28-17-7-4-6-16(27)19(17)21-24-22(26-9-11-30-12-10-26)15-13-14-5-3-8-18(29-2)20(14)31-23(15)25-21/h3-8,27H,9-13H2,1-2H3. The van der Waals surface area contributed by atoms with Crippen molar-refractivity contribution in [3.63, 3.8) is 0 Å². The Hall–Kier alpha value is -3.52. The Bertz CT molecular complexity index is 1130. The third kappa shape index (κ3) is 3.38. The number of anilines is 1. The van der Waals surface area contributed by atoms with Gasteiger partial charge >= 0.3 is 0 Å². The van der Waals surface area contributed by atoms with Gasteiger partial charge in [0.1, 0.15) is 22.9 Å². The number of hydrogen-bond acceptors (Lipinski definition) is 8. The van der Waals surface area contributed by atoms with E-state index in [2.05, 4.69) is 4.90 Å². The van der Waals surface area contributed by atoms with E-state index in [0.717, 1.165) is 16.9 Å². The molecule has 8 heteroatoms. The van der Waals surface area contributed by atoms with E-state index in [9.17, 15) is 5.11 Å². The lowest BCUT2D eigenvalue weighted by molar-refractivity contribution is 0.122. The van der Waals surface area contributed by atoms with Crippen molar-refractivity contribution in [2.75, 3.05) is 45.4 Å². The van der Waals surface area contributed by atoms with Crippen molar-refractivity contribution in [3.8, 4) is 40.3 Å². The van der Waals surface area contributed by atoms with Gasteiger partial charge in [-0.2, -0.15) is 4.98 Å². The Balaban J connectivity index is 1.70. The van der Waals surface area contributed by atoms with Crippen LogP contribution in [0.25, 0.3) is 11.4 Å². The molecule has 3 aromatic rings. The third-order valence-electron chi connectivity index (χ3n) is 5.55. The van der Waals surface area contributed by atoms with Crippen LogP contribution in [0.3, 0.4) is 0 Å². The van der Waals surface area contributed by atoms with Gasteiger partial charge in [-0.3, -0.25) is 0 Å². The fourth-order valence-electron chi connectivity index (χ4n) is 4.02. The minimum atomic E-state index is 0.0426. The molecule has 31 heavy (non-hydrogen) atoms. The number of benzene rings is 2. The minimum absolute atomic E-state index is 0.0426. The molecular weight excluding hydrogens is 398 g/mol. The summed E-state index contributed by atoms with van der Waals surface area (Å²) in [5, 5.41) is 10.6. The molecule has 1 saturated heterocycles. The Morgan fingerprint density at radius 3 is 2.48 bits per heavy atom. The van der Waals surface area contributed by atoms with E-state index in [-0.39, 0.29) is 5.75 Å². The summed E-state index contributed by atoms with van der Waals surface area (Å²) in [6.45, 7) is 2.68. The van der Waals surface area contributed by atoms with Crippen molar-refractivity contribution in [3.05, 3.63) is 47.5 Å². The van der Waals surface area contributed by atoms with E-state index in [1.54, 1.807) is 32.4 Å². The number of phenols is 1. The summed E-state index contributed by atoms with van der Waals surface area (Å²) in [6.07, 6.45) is 0.618. The average Bonchev–Trinajstić information content (AvgIpc) is 2.82. The highest BCUT2D eigenvalue weighted by Gasteiger charge is 2.30. The van der Waals surface area contributed by atoms with Crippen LogP contribution < -0.4 is 19.1 Å². The summed E-state index contributed by atoms with van der Waals surface area (Å²) in [6, 6.07) is 10.9. The van der Waals surface area contributed by atoms with E-state index in [4.69, 9.17) is 28.9 Å². The van der Waals surface area contributed by atoms with Gasteiger partial charge in [-0.25, -0.2) is 4.98 Å². The van der Waals surface area contributed by atoms with Gasteiger partial charge in [0.15, 0.2) is 17.3 Å². The molecule has 5 rings (SSSR count). The van der Waals surface area contributed by atoms with E-state index in [0.29, 0.717) is 67.2 Å². The van der Waals surface area contributed by atoms with Crippen molar-refractivity contribution in [2.24, 2.45) is 0 Å². The molecule has 0 atom stereocenters. The Labute approximate surface area is 180 Å². The summed E-state index contributed by atoms with van der Waals surface area (Å²) in [7, 11) is 3.17. The summed E-state index contributed by atoms with van der Waals surface area (Å²) in [5.41, 5.74) is 2.34. The van der Waals surface area contributed by atoms with Crippen LogP contribution in [-0.4, -0.2) is 55.6 Å². The number of aromatic nitrogens is 2. The number of phenolic OH excluding ortho intramolecular Hbond substituents is 1. The number of aromatic hydroxyl groups is 1. The van der Waals surface area contributed by atoms with Crippen LogP contribution in [0.1, 0.15) is 11.1 Å². The average molecular weight is 421 g/mol. The normalized spacial score (nSPS) is 15.0. The van der Waals surface area contributed by atoms with Crippen molar-refractivity contribution in [2.45, 2.75) is 6.42 Å². The molecule has 1 fully saturated rings. The van der Waals surface area contributed by atoms with E-state index in [1.165, 1.54) is 0 Å². The molecule has 160 valence electrons. The first-order valence-electron chi connectivity index (χ1n) is 10.1. The molecule has 0 aliphatic carbocycles. The molecule has 0 spiro atoms. The van der Waals surface area contributed by atoms with Crippen LogP contribution in [0.15, 0.2) is 36.4 Å². The maximum atomic E-state index is 10.6. The molecular formula is C23H23N3O5. The highest BCUT2D eigenvalue weighted by molar-refractivity contribution is 5.74. The Morgan fingerprint density at radius 2 is 1.71 bits per heavy atom. The van der Waals surface area contributed by atoms with Gasteiger partial charge in [0, 0.05) is 25.1 Å². The summed E-state index contributed by atoms with van der Waals surface area (Å²) in [4.78, 5) is 11.7. The first kappa shape index (κ1) is 19.4. The monoisotopic (exact) mass is 421 g/mol. The lowest BCUT2D eigenvalue weighted by atomic mass is 10.0. The number of para-hydroxylation sites is 1. The zero-order valence-corrected chi connectivity index (χ0v) is 17.4. The van der Waals surface area contributed by atoms with Crippen LogP contribution in [0, 0.1) is 0 Å². The molecule has 2 aliphatic rings. The lowest BCUT2D eigenvalue weighted by Crippen LogP contribution is -2.37. The van der Waals surface area contributed by atoms with Crippen LogP contribution in [0.4, 0.5) is 5.82 Å². The van der Waals surface area contributed by atoms with Crippen molar-refractivity contribution < 1.29 is 24.1 Å². The molecule has 0 amide bonds. The number of ether oxygens (including phenoxy) is 4. The zero-order valence-electron chi connectivity index (χ0n) is 17.4. The van der Waals surface area contributed by atoms with E-state index in [1.807, 2.05) is 18.2 Å². The highest BCUT2D eigenvalue weighted by atomic mass is 16.5. The lowest BCUT2D eigenvalue weighted by Gasteiger charge is -2.32. The maximum Gasteiger partial charge on any atom is 0.228 e. The molecule has 0 bridgehead atoms. The molecule has 2 aliphatic heterocycles. The van der Waals surface area contributed by atoms with Crippen LogP contribution in [0.2, 0.25) is 0 Å². The van der Waals surface area contributed by atoms with Gasteiger partial charge in [-0.15, -0.1) is 0 Å². The number of morpholine rings is 1. The first-order chi connectivity index (χ1) is 15.2. The molecule has 3 heterocycles. The third-order valence-corrected chi connectivity index (χ3v) is 5.55. The largest absolute Gasteiger partial charge is 0.507 e. The number of rotatable bonds is 4. The van der Waals surface area contributed by atoms with Gasteiger partial charge < -0.3 is 29.0 Å². The van der Waals surface area contributed by atoms with Crippen molar-refractivity contribution in [1.82, 2.24) is 9.97 Å². The van der Waals surface area contributed by atoms with Gasteiger partial charge in [0.25, 0.3) is 0 Å². The molecule has 0 unspecified atom stereocenters. The fourth-order valence-corrected chi connectivity index (χ4v) is 4.02. The smallest absolute Gasteiger partial charge is 0.228 e. The van der Waals surface area contributed by atoms with E-state index >= 15 is 0 Å². The SMILES string of the molecule is COc1cccc2c1Oc1nc(-c3c(O)cccc3OC)nc(N3CCOCC3)c1C2. The van der Waals surface area contributed by atoms with Crippen molar-refractivity contribution in [1.29, 1.82) is 0 Å². The van der Waals surface area contributed by atoms with Gasteiger partial charge in [0.05, 0.1) is 33.0 Å². The molecule has 0 radical (unpaired) electrons. The second kappa shape index (κ2) is 7.96. The Morgan fingerprint density at radius 1 is 0.968 bits per heavy atom. The predicted octanol–water partition coefficient (Wildman–Crippen LogP) is 3.40. The van der Waals surface area contributed by atoms with Crippen molar-refractivity contribution >= 4 is 5.82 Å². The summed E-state index contributed by atoms with van der Waals surface area (Å²) < 4.78 is 22.7. The number of hydrogen-bond donors (Lipinski definition) is 1. The molecule has 8 nitrogen and oxygen atoms in total. The second-order valence-electron chi connectivity index (χ2n) is 7.34.